The topological polar surface area (TPSA) is 53.0 Å². The lowest BCUT2D eigenvalue weighted by atomic mass is 9.94. The van der Waals surface area contributed by atoms with Crippen molar-refractivity contribution in [3.8, 4) is 11.5 Å². The van der Waals surface area contributed by atoms with E-state index in [-0.39, 0.29) is 17.7 Å². The van der Waals surface area contributed by atoms with E-state index in [0.717, 1.165) is 31.2 Å². The number of carbonyl (C=O) groups excluding carboxylic acids is 1. The number of hydrogen-bond donors (Lipinski definition) is 1. The molecule has 0 bridgehead atoms. The number of methoxy groups -OCH3 is 1. The van der Waals surface area contributed by atoms with Crippen LogP contribution in [-0.4, -0.2) is 46.1 Å². The summed E-state index contributed by atoms with van der Waals surface area (Å²) in [5, 5.41) is 10.5. The molecule has 1 amide bonds. The van der Waals surface area contributed by atoms with Gasteiger partial charge < -0.3 is 14.7 Å². The third-order valence-corrected chi connectivity index (χ3v) is 5.21. The summed E-state index contributed by atoms with van der Waals surface area (Å²) >= 11 is 5.50. The molecule has 6 heteroatoms. The van der Waals surface area contributed by atoms with Crippen molar-refractivity contribution in [2.45, 2.75) is 38.1 Å². The number of likely N-dealkylation sites (N-methyl/N-ethyl adjacent to an activating group) is 1. The first kappa shape index (κ1) is 16.8. The van der Waals surface area contributed by atoms with Crippen molar-refractivity contribution in [3.63, 3.8) is 0 Å². The molecule has 1 aromatic carbocycles. The van der Waals surface area contributed by atoms with Crippen LogP contribution in [0.3, 0.4) is 0 Å². The Morgan fingerprint density at radius 1 is 1.29 bits per heavy atom. The fourth-order valence-corrected chi connectivity index (χ4v) is 3.72. The number of benzene rings is 1. The van der Waals surface area contributed by atoms with Crippen LogP contribution in [0.25, 0.3) is 6.08 Å². The number of phenols is 1. The first-order valence-corrected chi connectivity index (χ1v) is 8.63. The monoisotopic (exact) mass is 346 g/mol. The maximum atomic E-state index is 12.9. The van der Waals surface area contributed by atoms with E-state index in [4.69, 9.17) is 17.0 Å². The summed E-state index contributed by atoms with van der Waals surface area (Å²) in [5.74, 6) is 0.402. The normalized spacial score (nSPS) is 21.0. The number of nitrogens with zero attached hydrogens (tertiary/aromatic N) is 2. The van der Waals surface area contributed by atoms with E-state index >= 15 is 0 Å². The summed E-state index contributed by atoms with van der Waals surface area (Å²) < 4.78 is 5.05. The van der Waals surface area contributed by atoms with Gasteiger partial charge in [-0.25, -0.2) is 0 Å². The minimum atomic E-state index is -0.0512. The van der Waals surface area contributed by atoms with Crippen molar-refractivity contribution in [2.75, 3.05) is 14.2 Å². The number of carbonyl (C=O) groups is 1. The Labute approximate surface area is 147 Å². The molecule has 1 heterocycles. The lowest BCUT2D eigenvalue weighted by molar-refractivity contribution is -0.124. The maximum Gasteiger partial charge on any atom is 0.277 e. The van der Waals surface area contributed by atoms with Crippen molar-refractivity contribution in [3.05, 3.63) is 29.5 Å². The van der Waals surface area contributed by atoms with Gasteiger partial charge in [0.05, 0.1) is 7.11 Å². The van der Waals surface area contributed by atoms with Crippen LogP contribution >= 0.6 is 12.2 Å². The number of hydrogen-bond acceptors (Lipinski definition) is 4. The van der Waals surface area contributed by atoms with Crippen LogP contribution in [-0.2, 0) is 4.79 Å². The van der Waals surface area contributed by atoms with Crippen molar-refractivity contribution >= 4 is 29.3 Å². The SMILES string of the molecule is COc1ccc(/C=C2/C(=O)N(C3CCCCC3)C(=S)N2C)cc1O. The zero-order valence-corrected chi connectivity index (χ0v) is 14.8. The standard InChI is InChI=1S/C18H22N2O3S/c1-19-14(10-12-8-9-16(23-2)15(21)11-12)17(22)20(18(19)24)13-6-4-3-5-7-13/h8-11,13,21H,3-7H2,1-2H3/b14-10-. The van der Waals surface area contributed by atoms with Crippen LogP contribution in [0.4, 0.5) is 0 Å². The fraction of sp³-hybridized carbons (Fsp3) is 0.444. The van der Waals surface area contributed by atoms with E-state index in [0.29, 0.717) is 16.6 Å². The van der Waals surface area contributed by atoms with Gasteiger partial charge in [0.15, 0.2) is 16.6 Å². The number of aromatic hydroxyl groups is 1. The van der Waals surface area contributed by atoms with Gasteiger partial charge >= 0.3 is 0 Å². The molecule has 0 aromatic heterocycles. The van der Waals surface area contributed by atoms with Gasteiger partial charge in [0, 0.05) is 13.1 Å². The first-order chi connectivity index (χ1) is 11.5. The molecular formula is C18H22N2O3S. The number of ether oxygens (including phenoxy) is 1. The lowest BCUT2D eigenvalue weighted by Crippen LogP contribution is -2.41. The average molecular weight is 346 g/mol. The second kappa shape index (κ2) is 6.81. The minimum absolute atomic E-state index is 0.0478. The highest BCUT2D eigenvalue weighted by atomic mass is 32.1. The molecule has 0 radical (unpaired) electrons. The molecular weight excluding hydrogens is 324 g/mol. The third-order valence-electron chi connectivity index (χ3n) is 4.74. The molecule has 1 saturated carbocycles. The molecule has 128 valence electrons. The van der Waals surface area contributed by atoms with Crippen molar-refractivity contribution in [1.29, 1.82) is 0 Å². The molecule has 0 spiro atoms. The van der Waals surface area contributed by atoms with Crippen LogP contribution in [0.15, 0.2) is 23.9 Å². The Balaban J connectivity index is 1.89. The van der Waals surface area contributed by atoms with E-state index < -0.39 is 0 Å². The quantitative estimate of drug-likeness (QED) is 0.673. The van der Waals surface area contributed by atoms with Crippen molar-refractivity contribution < 1.29 is 14.6 Å². The van der Waals surface area contributed by atoms with Gasteiger partial charge in [-0.05, 0) is 48.8 Å². The van der Waals surface area contributed by atoms with Crippen LogP contribution in [0.5, 0.6) is 11.5 Å². The zero-order chi connectivity index (χ0) is 17.3. The Hall–Kier alpha value is -2.08. The highest BCUT2D eigenvalue weighted by Crippen LogP contribution is 2.32. The van der Waals surface area contributed by atoms with E-state index in [1.165, 1.54) is 13.5 Å². The highest BCUT2D eigenvalue weighted by molar-refractivity contribution is 7.80. The van der Waals surface area contributed by atoms with Gasteiger partial charge in [-0.15, -0.1) is 0 Å². The average Bonchev–Trinajstić information content (AvgIpc) is 2.79. The van der Waals surface area contributed by atoms with Gasteiger partial charge in [0.25, 0.3) is 5.91 Å². The summed E-state index contributed by atoms with van der Waals surface area (Å²) in [5.41, 5.74) is 1.27. The number of amides is 1. The predicted molar refractivity (Wildman–Crippen MR) is 96.7 cm³/mol. The summed E-state index contributed by atoms with van der Waals surface area (Å²) in [6.07, 6.45) is 7.30. The molecule has 1 aromatic rings. The molecule has 0 atom stereocenters. The van der Waals surface area contributed by atoms with Crippen LogP contribution in [0, 0.1) is 0 Å². The molecule has 0 unspecified atom stereocenters. The lowest BCUT2D eigenvalue weighted by Gasteiger charge is -2.30. The van der Waals surface area contributed by atoms with E-state index in [1.54, 1.807) is 34.1 Å². The summed E-state index contributed by atoms with van der Waals surface area (Å²) in [6, 6.07) is 5.27. The van der Waals surface area contributed by atoms with Gasteiger partial charge in [0.2, 0.25) is 0 Å². The molecule has 1 N–H and O–H groups in total. The second-order valence-electron chi connectivity index (χ2n) is 6.27. The largest absolute Gasteiger partial charge is 0.504 e. The molecule has 1 aliphatic heterocycles. The smallest absolute Gasteiger partial charge is 0.277 e. The Kier molecular flexibility index (Phi) is 4.76. The summed E-state index contributed by atoms with van der Waals surface area (Å²) in [6.45, 7) is 0. The minimum Gasteiger partial charge on any atom is -0.504 e. The van der Waals surface area contributed by atoms with E-state index in [2.05, 4.69) is 0 Å². The molecule has 1 saturated heterocycles. The molecule has 2 aliphatic rings. The van der Waals surface area contributed by atoms with E-state index in [1.807, 2.05) is 7.05 Å². The van der Waals surface area contributed by atoms with Crippen molar-refractivity contribution in [2.24, 2.45) is 0 Å². The van der Waals surface area contributed by atoms with Crippen molar-refractivity contribution in [1.82, 2.24) is 9.80 Å². The van der Waals surface area contributed by atoms with Crippen LogP contribution in [0.2, 0.25) is 0 Å². The zero-order valence-electron chi connectivity index (χ0n) is 14.0. The van der Waals surface area contributed by atoms with Gasteiger partial charge in [0.1, 0.15) is 5.70 Å². The Morgan fingerprint density at radius 3 is 2.62 bits per heavy atom. The Morgan fingerprint density at radius 2 is 2.00 bits per heavy atom. The third kappa shape index (κ3) is 2.98. The van der Waals surface area contributed by atoms with Gasteiger partial charge in [-0.1, -0.05) is 25.3 Å². The molecule has 5 nitrogen and oxygen atoms in total. The summed E-state index contributed by atoms with van der Waals surface area (Å²) in [7, 11) is 3.32. The van der Waals surface area contributed by atoms with Gasteiger partial charge in [-0.3, -0.25) is 9.69 Å². The molecule has 1 aliphatic carbocycles. The number of thiocarbonyl (C=S) groups is 1. The van der Waals surface area contributed by atoms with E-state index in [9.17, 15) is 9.90 Å². The van der Waals surface area contributed by atoms with Crippen LogP contribution in [0.1, 0.15) is 37.7 Å². The Bertz CT molecular complexity index is 696. The summed E-state index contributed by atoms with van der Waals surface area (Å²) in [4.78, 5) is 16.4. The first-order valence-electron chi connectivity index (χ1n) is 8.23. The molecule has 3 rings (SSSR count). The second-order valence-corrected chi connectivity index (χ2v) is 6.63. The highest BCUT2D eigenvalue weighted by Gasteiger charge is 2.40. The molecule has 2 fully saturated rings. The molecule has 24 heavy (non-hydrogen) atoms. The number of phenolic OH excluding ortho intramolecular Hbond substituents is 1. The predicted octanol–water partition coefficient (Wildman–Crippen LogP) is 3.13. The van der Waals surface area contributed by atoms with Gasteiger partial charge in [-0.2, -0.15) is 0 Å². The fourth-order valence-electron chi connectivity index (χ4n) is 3.39. The number of rotatable bonds is 3. The maximum absolute atomic E-state index is 12.9. The van der Waals surface area contributed by atoms with Crippen LogP contribution < -0.4 is 4.74 Å².